The van der Waals surface area contributed by atoms with Crippen LogP contribution in [0, 0.1) is 0 Å². The highest BCUT2D eigenvalue weighted by Gasteiger charge is 2.43. The van der Waals surface area contributed by atoms with E-state index in [9.17, 15) is 9.90 Å². The topological polar surface area (TPSA) is 86.0 Å². The number of nitrogens with zero attached hydrogens (tertiary/aromatic N) is 5. The van der Waals surface area contributed by atoms with Gasteiger partial charge in [0.25, 0.3) is 5.91 Å². The molecule has 3 heterocycles. The van der Waals surface area contributed by atoms with Crippen LogP contribution in [0.4, 0.5) is 11.8 Å². The molecule has 1 aliphatic carbocycles. The average molecular weight is 533 g/mol. The lowest BCUT2D eigenvalue weighted by Crippen LogP contribution is -2.50. The molecular weight excluding hydrogens is 500 g/mol. The second-order valence-corrected chi connectivity index (χ2v) is 10.8. The summed E-state index contributed by atoms with van der Waals surface area (Å²) in [7, 11) is 0. The molecule has 0 saturated heterocycles. The van der Waals surface area contributed by atoms with E-state index in [0.29, 0.717) is 49.1 Å². The minimum Gasteiger partial charge on any atom is -0.506 e. The van der Waals surface area contributed by atoms with Crippen molar-refractivity contribution in [3.05, 3.63) is 70.4 Å². The maximum absolute atomic E-state index is 14.0. The van der Waals surface area contributed by atoms with Crippen molar-refractivity contribution in [3.8, 4) is 5.75 Å². The molecule has 38 heavy (non-hydrogen) atoms. The molecule has 8 nitrogen and oxygen atoms in total. The normalized spacial score (nSPS) is 19.4. The van der Waals surface area contributed by atoms with Gasteiger partial charge in [0.05, 0.1) is 24.2 Å². The van der Waals surface area contributed by atoms with Crippen LogP contribution < -0.4 is 10.2 Å². The first-order valence-corrected chi connectivity index (χ1v) is 13.9. The molecule has 198 valence electrons. The van der Waals surface area contributed by atoms with Crippen LogP contribution in [-0.2, 0) is 13.0 Å². The van der Waals surface area contributed by atoms with Crippen LogP contribution in [-0.4, -0.2) is 56.6 Å². The van der Waals surface area contributed by atoms with E-state index in [0.717, 1.165) is 24.8 Å². The van der Waals surface area contributed by atoms with E-state index in [1.54, 1.807) is 17.0 Å². The summed E-state index contributed by atoms with van der Waals surface area (Å²) in [5.41, 5.74) is 2.68. The number of aliphatic imine (C=N–C) groups is 1. The molecule has 0 bridgehead atoms. The highest BCUT2D eigenvalue weighted by Crippen LogP contribution is 2.36. The standard InChI is InChI=1S/C29H33ClN6O2/c1-2-34-27(38)25-26(36-18-22(32-29(34)36)15-19-9-5-3-6-10-19)33-28(31-21-11-7-4-8-12-21)35(25)17-20-13-14-24(37)23(30)16-20/h3,5-6,9-10,13-14,16,21-22,37H,2,4,7-8,11-12,15,17-18H2,1H3,(H,31,33)/t22-/m1/s1. The second-order valence-electron chi connectivity index (χ2n) is 10.4. The third-order valence-electron chi connectivity index (χ3n) is 7.75. The highest BCUT2D eigenvalue weighted by molar-refractivity contribution is 6.32. The minimum atomic E-state index is -0.0908. The van der Waals surface area contributed by atoms with Gasteiger partial charge in [-0.3, -0.25) is 19.2 Å². The number of hydrogen-bond donors (Lipinski definition) is 2. The number of carbonyl (C=O) groups is 1. The first-order chi connectivity index (χ1) is 18.5. The SMILES string of the molecule is CCN1C(=O)c2c(nc(NC3CCCCC3)n2Cc2ccc(O)c(Cl)c2)N2C[C@@H](Cc3ccccc3)N=C12. The van der Waals surface area contributed by atoms with Crippen molar-refractivity contribution in [1.29, 1.82) is 0 Å². The van der Waals surface area contributed by atoms with Crippen molar-refractivity contribution in [1.82, 2.24) is 14.5 Å². The summed E-state index contributed by atoms with van der Waals surface area (Å²) in [6.45, 7) is 3.59. The van der Waals surface area contributed by atoms with Crippen LogP contribution in [0.5, 0.6) is 5.75 Å². The Balaban J connectivity index is 1.39. The molecule has 3 aromatic rings. The fourth-order valence-corrected chi connectivity index (χ4v) is 6.03. The van der Waals surface area contributed by atoms with E-state index in [-0.39, 0.29) is 22.7 Å². The number of amides is 1. The van der Waals surface area contributed by atoms with Gasteiger partial charge < -0.3 is 10.4 Å². The zero-order valence-corrected chi connectivity index (χ0v) is 22.4. The summed E-state index contributed by atoms with van der Waals surface area (Å²) in [6.07, 6.45) is 6.63. The van der Waals surface area contributed by atoms with Crippen molar-refractivity contribution in [3.63, 3.8) is 0 Å². The Bertz CT molecular complexity index is 1360. The van der Waals surface area contributed by atoms with E-state index in [1.807, 2.05) is 35.8 Å². The maximum atomic E-state index is 14.0. The second kappa shape index (κ2) is 10.3. The molecule has 1 atom stereocenters. The molecule has 0 radical (unpaired) electrons. The molecule has 2 aromatic carbocycles. The van der Waals surface area contributed by atoms with Gasteiger partial charge in [-0.25, -0.2) is 4.99 Å². The van der Waals surface area contributed by atoms with E-state index < -0.39 is 0 Å². The van der Waals surface area contributed by atoms with Gasteiger partial charge in [-0.05, 0) is 49.4 Å². The number of nitrogens with one attached hydrogen (secondary N) is 1. The quantitative estimate of drug-likeness (QED) is 0.431. The maximum Gasteiger partial charge on any atom is 0.281 e. The largest absolute Gasteiger partial charge is 0.506 e. The molecule has 2 N–H and O–H groups in total. The fourth-order valence-electron chi connectivity index (χ4n) is 5.83. The fraction of sp³-hybridized carbons (Fsp3) is 0.414. The zero-order valence-electron chi connectivity index (χ0n) is 21.6. The summed E-state index contributed by atoms with van der Waals surface area (Å²) in [5, 5.41) is 13.9. The van der Waals surface area contributed by atoms with E-state index in [1.165, 1.54) is 24.8 Å². The first kappa shape index (κ1) is 24.8. The lowest BCUT2D eigenvalue weighted by Gasteiger charge is -2.33. The van der Waals surface area contributed by atoms with Gasteiger partial charge in [0, 0.05) is 12.6 Å². The number of phenolic OH excluding ortho intramolecular Hbond substituents is 1. The zero-order chi connectivity index (χ0) is 26.2. The number of rotatable bonds is 7. The van der Waals surface area contributed by atoms with Crippen LogP contribution in [0.3, 0.4) is 0 Å². The predicted molar refractivity (Wildman–Crippen MR) is 150 cm³/mol. The molecule has 9 heteroatoms. The molecule has 1 fully saturated rings. The number of guanidine groups is 1. The van der Waals surface area contributed by atoms with Gasteiger partial charge in [-0.15, -0.1) is 0 Å². The van der Waals surface area contributed by atoms with E-state index in [2.05, 4.69) is 22.3 Å². The van der Waals surface area contributed by atoms with Gasteiger partial charge in [0.1, 0.15) is 5.75 Å². The number of aromatic hydroxyl groups is 1. The number of anilines is 2. The van der Waals surface area contributed by atoms with Crippen LogP contribution in [0.15, 0.2) is 53.5 Å². The van der Waals surface area contributed by atoms with Gasteiger partial charge in [-0.1, -0.05) is 67.3 Å². The van der Waals surface area contributed by atoms with Gasteiger partial charge in [-0.2, -0.15) is 4.98 Å². The number of phenols is 1. The molecule has 2 aliphatic heterocycles. The number of imidazole rings is 1. The molecule has 0 spiro atoms. The molecule has 0 unspecified atom stereocenters. The lowest BCUT2D eigenvalue weighted by atomic mass is 9.96. The third-order valence-corrected chi connectivity index (χ3v) is 8.05. The minimum absolute atomic E-state index is 0.0380. The molecule has 3 aliphatic rings. The van der Waals surface area contributed by atoms with Crippen molar-refractivity contribution in [2.75, 3.05) is 23.3 Å². The number of carbonyl (C=O) groups excluding carboxylic acids is 1. The predicted octanol–water partition coefficient (Wildman–Crippen LogP) is 5.30. The van der Waals surface area contributed by atoms with Crippen LogP contribution >= 0.6 is 11.6 Å². The lowest BCUT2D eigenvalue weighted by molar-refractivity contribution is 0.0836. The Labute approximate surface area is 227 Å². The molecular formula is C29H33ClN6O2. The van der Waals surface area contributed by atoms with Crippen LogP contribution in [0.25, 0.3) is 0 Å². The number of hydrogen-bond acceptors (Lipinski definition) is 6. The van der Waals surface area contributed by atoms with Crippen LogP contribution in [0.1, 0.15) is 60.6 Å². The number of fused-ring (bicyclic) bond motifs is 3. The Hall–Kier alpha value is -3.52. The molecule has 1 amide bonds. The number of halogens is 1. The first-order valence-electron chi connectivity index (χ1n) is 13.6. The van der Waals surface area contributed by atoms with Gasteiger partial charge in [0.2, 0.25) is 11.9 Å². The summed E-state index contributed by atoms with van der Waals surface area (Å²) in [4.78, 5) is 27.9. The van der Waals surface area contributed by atoms with E-state index >= 15 is 0 Å². The van der Waals surface area contributed by atoms with Crippen molar-refractivity contribution >= 4 is 35.2 Å². The average Bonchev–Trinajstić information content (AvgIpc) is 3.49. The summed E-state index contributed by atoms with van der Waals surface area (Å²) in [6, 6.07) is 15.9. The Morgan fingerprint density at radius 3 is 2.61 bits per heavy atom. The van der Waals surface area contributed by atoms with Crippen molar-refractivity contribution in [2.24, 2.45) is 4.99 Å². The monoisotopic (exact) mass is 532 g/mol. The molecule has 6 rings (SSSR count). The summed E-state index contributed by atoms with van der Waals surface area (Å²) < 4.78 is 1.99. The van der Waals surface area contributed by atoms with Crippen molar-refractivity contribution in [2.45, 2.75) is 64.1 Å². The number of aromatic nitrogens is 2. The Morgan fingerprint density at radius 2 is 1.87 bits per heavy atom. The van der Waals surface area contributed by atoms with Crippen LogP contribution in [0.2, 0.25) is 5.02 Å². The smallest absolute Gasteiger partial charge is 0.281 e. The van der Waals surface area contributed by atoms with Crippen molar-refractivity contribution < 1.29 is 9.90 Å². The third kappa shape index (κ3) is 4.62. The Morgan fingerprint density at radius 1 is 1.08 bits per heavy atom. The Kier molecular flexibility index (Phi) is 6.74. The summed E-state index contributed by atoms with van der Waals surface area (Å²) >= 11 is 6.23. The summed E-state index contributed by atoms with van der Waals surface area (Å²) in [5.74, 6) is 2.00. The van der Waals surface area contributed by atoms with E-state index in [4.69, 9.17) is 21.6 Å². The van der Waals surface area contributed by atoms with Gasteiger partial charge in [0.15, 0.2) is 11.5 Å². The highest BCUT2D eigenvalue weighted by atomic mass is 35.5. The molecule has 1 saturated carbocycles. The van der Waals surface area contributed by atoms with Gasteiger partial charge >= 0.3 is 0 Å². The number of benzene rings is 2. The molecule has 1 aromatic heterocycles.